The first kappa shape index (κ1) is 19.7. The molecule has 1 saturated heterocycles. The van der Waals surface area contributed by atoms with Crippen molar-refractivity contribution in [2.45, 2.75) is 49.6 Å². The Bertz CT molecular complexity index is 812. The van der Waals surface area contributed by atoms with Crippen molar-refractivity contribution in [2.24, 2.45) is 5.92 Å². The molecule has 0 spiro atoms. The summed E-state index contributed by atoms with van der Waals surface area (Å²) < 4.78 is 0. The van der Waals surface area contributed by atoms with Gasteiger partial charge in [-0.15, -0.1) is 11.8 Å². The van der Waals surface area contributed by atoms with Crippen LogP contribution in [0.5, 0.6) is 0 Å². The fraction of sp³-hybridized carbons (Fsp3) is 0.458. The van der Waals surface area contributed by atoms with Crippen LogP contribution in [-0.4, -0.2) is 46.8 Å². The first-order valence-electron chi connectivity index (χ1n) is 10.4. The molecule has 0 unspecified atom stereocenters. The van der Waals surface area contributed by atoms with E-state index in [1.54, 1.807) is 11.8 Å². The summed E-state index contributed by atoms with van der Waals surface area (Å²) in [5.41, 5.74) is 3.48. The minimum Gasteiger partial charge on any atom is -0.391 e. The molecule has 28 heavy (non-hydrogen) atoms. The molecule has 148 valence electrons. The maximum absolute atomic E-state index is 12.9. The summed E-state index contributed by atoms with van der Waals surface area (Å²) in [6.07, 6.45) is 3.10. The summed E-state index contributed by atoms with van der Waals surface area (Å²) in [6, 6.07) is 16.7. The summed E-state index contributed by atoms with van der Waals surface area (Å²) in [7, 11) is 0. The minimum atomic E-state index is -0.314. The highest BCUT2D eigenvalue weighted by molar-refractivity contribution is 7.99. The Hall–Kier alpha value is -1.62. The number of carbonyl (C=O) groups is 1. The third kappa shape index (κ3) is 4.19. The highest BCUT2D eigenvalue weighted by Crippen LogP contribution is 2.30. The zero-order valence-corrected chi connectivity index (χ0v) is 17.3. The predicted octanol–water partition coefficient (Wildman–Crippen LogP) is 4.22. The van der Waals surface area contributed by atoms with E-state index in [-0.39, 0.29) is 23.8 Å². The predicted molar refractivity (Wildman–Crippen MR) is 115 cm³/mol. The van der Waals surface area contributed by atoms with E-state index in [4.69, 9.17) is 0 Å². The summed E-state index contributed by atoms with van der Waals surface area (Å²) in [5.74, 6) is 1.43. The van der Waals surface area contributed by atoms with Gasteiger partial charge in [0.15, 0.2) is 5.78 Å². The lowest BCUT2D eigenvalue weighted by Gasteiger charge is -2.41. The fourth-order valence-corrected chi connectivity index (χ4v) is 5.32. The number of hydrogen-bond acceptors (Lipinski definition) is 4. The van der Waals surface area contributed by atoms with Crippen LogP contribution in [0.3, 0.4) is 0 Å². The summed E-state index contributed by atoms with van der Waals surface area (Å²) >= 11 is 1.80. The monoisotopic (exact) mass is 395 g/mol. The second-order valence-corrected chi connectivity index (χ2v) is 9.28. The van der Waals surface area contributed by atoms with E-state index in [1.165, 1.54) is 16.0 Å². The average Bonchev–Trinajstić information content (AvgIpc) is 2.74. The number of aliphatic hydroxyl groups is 1. The number of ketones is 1. The molecule has 2 aromatic carbocycles. The molecule has 2 atom stereocenters. The van der Waals surface area contributed by atoms with Crippen LogP contribution in [0.15, 0.2) is 53.4 Å². The molecule has 0 bridgehead atoms. The number of rotatable bonds is 5. The minimum absolute atomic E-state index is 0.106. The van der Waals surface area contributed by atoms with E-state index in [1.807, 2.05) is 12.1 Å². The van der Waals surface area contributed by atoms with Gasteiger partial charge in [0.05, 0.1) is 6.10 Å². The Morgan fingerprint density at radius 3 is 2.32 bits per heavy atom. The van der Waals surface area contributed by atoms with Crippen molar-refractivity contribution in [1.29, 1.82) is 0 Å². The van der Waals surface area contributed by atoms with Crippen LogP contribution in [0, 0.1) is 5.92 Å². The van der Waals surface area contributed by atoms with E-state index < -0.39 is 0 Å². The number of carbonyl (C=O) groups excluding carboxylic acids is 1. The van der Waals surface area contributed by atoms with Crippen molar-refractivity contribution < 1.29 is 9.90 Å². The maximum atomic E-state index is 12.9. The van der Waals surface area contributed by atoms with Gasteiger partial charge in [-0.25, -0.2) is 0 Å². The molecule has 0 radical (unpaired) electrons. The van der Waals surface area contributed by atoms with E-state index >= 15 is 0 Å². The van der Waals surface area contributed by atoms with Gasteiger partial charge >= 0.3 is 0 Å². The fourth-order valence-electron chi connectivity index (χ4n) is 4.66. The van der Waals surface area contributed by atoms with E-state index in [2.05, 4.69) is 48.2 Å². The second kappa shape index (κ2) is 8.81. The number of piperidine rings is 1. The molecule has 1 aliphatic heterocycles. The molecular formula is C24H29NO2S. The first-order valence-corrected chi connectivity index (χ1v) is 11.4. The molecule has 1 fully saturated rings. The molecule has 2 aliphatic rings. The quantitative estimate of drug-likeness (QED) is 0.608. The molecule has 2 aromatic rings. The van der Waals surface area contributed by atoms with Crippen LogP contribution >= 0.6 is 11.8 Å². The Morgan fingerprint density at radius 2 is 1.68 bits per heavy atom. The molecule has 3 nitrogen and oxygen atoms in total. The highest BCUT2D eigenvalue weighted by atomic mass is 32.2. The van der Waals surface area contributed by atoms with Gasteiger partial charge in [0.1, 0.15) is 0 Å². The SMILES string of the molecule is CCSc1ccc(C(=O)C2CCN([C@@H]3Cc4ccccc4C[C@H]3O)CC2)cc1. The molecule has 0 aromatic heterocycles. The summed E-state index contributed by atoms with van der Waals surface area (Å²) in [6.45, 7) is 3.92. The largest absolute Gasteiger partial charge is 0.391 e. The second-order valence-electron chi connectivity index (χ2n) is 7.94. The van der Waals surface area contributed by atoms with Crippen LogP contribution in [0.4, 0.5) is 0 Å². The van der Waals surface area contributed by atoms with Crippen molar-refractivity contribution in [3.8, 4) is 0 Å². The molecule has 4 heteroatoms. The normalized spacial score (nSPS) is 23.4. The van der Waals surface area contributed by atoms with Gasteiger partial charge in [0.25, 0.3) is 0 Å². The lowest BCUT2D eigenvalue weighted by molar-refractivity contribution is 0.0239. The first-order chi connectivity index (χ1) is 13.7. The molecule has 1 N–H and O–H groups in total. The van der Waals surface area contributed by atoms with E-state index in [0.717, 1.165) is 50.1 Å². The van der Waals surface area contributed by atoms with E-state index in [0.29, 0.717) is 0 Å². The van der Waals surface area contributed by atoms with Crippen LogP contribution in [0.2, 0.25) is 0 Å². The average molecular weight is 396 g/mol. The highest BCUT2D eigenvalue weighted by Gasteiger charge is 2.35. The lowest BCUT2D eigenvalue weighted by Crippen LogP contribution is -2.51. The zero-order chi connectivity index (χ0) is 19.5. The maximum Gasteiger partial charge on any atom is 0.166 e. The number of hydrogen-bond donors (Lipinski definition) is 1. The van der Waals surface area contributed by atoms with Crippen LogP contribution in [0.25, 0.3) is 0 Å². The molecule has 1 aliphatic carbocycles. The smallest absolute Gasteiger partial charge is 0.166 e. The topological polar surface area (TPSA) is 40.5 Å². The van der Waals surface area contributed by atoms with Crippen molar-refractivity contribution in [3.05, 3.63) is 65.2 Å². The summed E-state index contributed by atoms with van der Waals surface area (Å²) in [5, 5.41) is 10.7. The van der Waals surface area contributed by atoms with Crippen molar-refractivity contribution in [2.75, 3.05) is 18.8 Å². The van der Waals surface area contributed by atoms with Gasteiger partial charge < -0.3 is 5.11 Å². The Labute approximate surface area is 172 Å². The molecule has 1 heterocycles. The van der Waals surface area contributed by atoms with Gasteiger partial charge in [-0.2, -0.15) is 0 Å². The van der Waals surface area contributed by atoms with Gasteiger partial charge in [-0.05, 0) is 61.4 Å². The number of likely N-dealkylation sites (tertiary alicyclic amines) is 1. The Balaban J connectivity index is 1.36. The van der Waals surface area contributed by atoms with Crippen molar-refractivity contribution in [3.63, 3.8) is 0 Å². The Morgan fingerprint density at radius 1 is 1.04 bits per heavy atom. The number of thioether (sulfide) groups is 1. The van der Waals surface area contributed by atoms with E-state index in [9.17, 15) is 9.90 Å². The standard InChI is InChI=1S/C24H29NO2S/c1-2-28-21-9-7-17(8-10-21)24(27)18-11-13-25(14-12-18)22-15-19-5-3-4-6-20(19)16-23(22)26/h3-10,18,22-23,26H,2,11-16H2,1H3/t22-,23-/m1/s1. The van der Waals surface area contributed by atoms with Gasteiger partial charge in [-0.1, -0.05) is 43.3 Å². The zero-order valence-electron chi connectivity index (χ0n) is 16.5. The lowest BCUT2D eigenvalue weighted by atomic mass is 9.83. The van der Waals surface area contributed by atoms with Gasteiger partial charge in [0.2, 0.25) is 0 Å². The molecule has 0 amide bonds. The Kier molecular flexibility index (Phi) is 6.19. The molecular weight excluding hydrogens is 366 g/mol. The molecule has 0 saturated carbocycles. The van der Waals surface area contributed by atoms with Crippen LogP contribution in [0.1, 0.15) is 41.3 Å². The number of fused-ring (bicyclic) bond motifs is 1. The number of benzene rings is 2. The molecule has 4 rings (SSSR count). The van der Waals surface area contributed by atoms with Gasteiger partial charge in [-0.3, -0.25) is 9.69 Å². The third-order valence-electron chi connectivity index (χ3n) is 6.24. The summed E-state index contributed by atoms with van der Waals surface area (Å²) in [4.78, 5) is 16.5. The number of nitrogens with zero attached hydrogens (tertiary/aromatic N) is 1. The van der Waals surface area contributed by atoms with Crippen LogP contribution in [-0.2, 0) is 12.8 Å². The third-order valence-corrected chi connectivity index (χ3v) is 7.13. The van der Waals surface area contributed by atoms with Crippen molar-refractivity contribution >= 4 is 17.5 Å². The van der Waals surface area contributed by atoms with Crippen LogP contribution < -0.4 is 0 Å². The van der Waals surface area contributed by atoms with Crippen molar-refractivity contribution in [1.82, 2.24) is 4.90 Å². The number of Topliss-reactive ketones (excluding diaryl/α,β-unsaturated/α-hetero) is 1. The van der Waals surface area contributed by atoms with Gasteiger partial charge in [0, 0.05) is 28.8 Å². The number of aliphatic hydroxyl groups excluding tert-OH is 1.